The summed E-state index contributed by atoms with van der Waals surface area (Å²) >= 11 is 3.45. The molecule has 1 atom stereocenters. The Balaban J connectivity index is 1.77. The van der Waals surface area contributed by atoms with Crippen LogP contribution in [0.1, 0.15) is 50.2 Å². The maximum atomic E-state index is 13.6. The van der Waals surface area contributed by atoms with Crippen molar-refractivity contribution in [2.45, 2.75) is 46.3 Å². The first-order valence-corrected chi connectivity index (χ1v) is 11.4. The first kappa shape index (κ1) is 22.4. The number of carbonyl (C=O) groups excluding carboxylic acids is 2. The number of aryl methyl sites for hydroxylation is 2. The van der Waals surface area contributed by atoms with Gasteiger partial charge in [-0.3, -0.25) is 9.59 Å². The largest absolute Gasteiger partial charge is 0.375 e. The molecule has 3 aromatic rings. The number of fused-ring (bicyclic) bond motifs is 1. The van der Waals surface area contributed by atoms with Gasteiger partial charge in [0.05, 0.1) is 18.7 Å². The molecule has 5 heteroatoms. The van der Waals surface area contributed by atoms with Crippen LogP contribution in [0.25, 0.3) is 0 Å². The summed E-state index contributed by atoms with van der Waals surface area (Å²) < 4.78 is 0.746. The SMILES string of the molecule is Cc1cc(C)c(C)c(C(=O)C[C@]2(O)C(=O)N(Cc3ccccc3)c3ccc(Br)cc32)c1C. The average molecular weight is 492 g/mol. The van der Waals surface area contributed by atoms with E-state index in [2.05, 4.69) is 22.0 Å². The minimum atomic E-state index is -1.92. The van der Waals surface area contributed by atoms with Gasteiger partial charge in [-0.2, -0.15) is 0 Å². The quantitative estimate of drug-likeness (QED) is 0.466. The standard InChI is InChI=1S/C27H26BrNO3/c1-16-12-17(2)19(4)25(18(16)3)24(30)14-27(32)22-13-21(28)10-11-23(22)29(26(27)31)15-20-8-6-5-7-9-20/h5-13,32H,14-15H2,1-4H3/t27-/m1/s1. The van der Waals surface area contributed by atoms with E-state index >= 15 is 0 Å². The highest BCUT2D eigenvalue weighted by Crippen LogP contribution is 2.45. The first-order valence-electron chi connectivity index (χ1n) is 10.6. The number of benzene rings is 3. The molecule has 1 aliphatic rings. The van der Waals surface area contributed by atoms with E-state index in [1.165, 1.54) is 0 Å². The monoisotopic (exact) mass is 491 g/mol. The third-order valence-corrected chi connectivity index (χ3v) is 7.03. The topological polar surface area (TPSA) is 57.6 Å². The van der Waals surface area contributed by atoms with Crippen LogP contribution in [-0.2, 0) is 16.9 Å². The Hall–Kier alpha value is -2.76. The molecule has 0 saturated heterocycles. The number of nitrogens with zero attached hydrogens (tertiary/aromatic N) is 1. The zero-order chi connectivity index (χ0) is 23.2. The fraction of sp³-hybridized carbons (Fsp3) is 0.259. The van der Waals surface area contributed by atoms with E-state index < -0.39 is 11.5 Å². The second-order valence-corrected chi connectivity index (χ2v) is 9.55. The van der Waals surface area contributed by atoms with Crippen LogP contribution in [0.2, 0.25) is 0 Å². The van der Waals surface area contributed by atoms with E-state index in [1.54, 1.807) is 11.0 Å². The van der Waals surface area contributed by atoms with E-state index in [0.717, 1.165) is 32.3 Å². The van der Waals surface area contributed by atoms with E-state index in [1.807, 2.05) is 70.2 Å². The lowest BCUT2D eigenvalue weighted by molar-refractivity contribution is -0.136. The van der Waals surface area contributed by atoms with E-state index in [4.69, 9.17) is 0 Å². The Bertz CT molecular complexity index is 1210. The lowest BCUT2D eigenvalue weighted by Gasteiger charge is -2.24. The summed E-state index contributed by atoms with van der Waals surface area (Å²) in [5.74, 6) is -0.697. The number of hydrogen-bond acceptors (Lipinski definition) is 3. The van der Waals surface area contributed by atoms with Crippen molar-refractivity contribution in [2.75, 3.05) is 4.90 Å². The number of halogens is 1. The molecule has 1 N–H and O–H groups in total. The molecule has 4 nitrogen and oxygen atoms in total. The number of ketones is 1. The first-order chi connectivity index (χ1) is 15.1. The minimum Gasteiger partial charge on any atom is -0.375 e. The molecule has 0 unspecified atom stereocenters. The minimum absolute atomic E-state index is 0.227. The average Bonchev–Trinajstić information content (AvgIpc) is 2.94. The molecule has 4 rings (SSSR count). The maximum absolute atomic E-state index is 13.6. The van der Waals surface area contributed by atoms with Gasteiger partial charge in [0.1, 0.15) is 0 Å². The summed E-state index contributed by atoms with van der Waals surface area (Å²) in [6.07, 6.45) is -0.300. The molecule has 0 saturated carbocycles. The third kappa shape index (κ3) is 3.70. The summed E-state index contributed by atoms with van der Waals surface area (Å²) in [6, 6.07) is 17.1. The van der Waals surface area contributed by atoms with Gasteiger partial charge in [0.15, 0.2) is 11.4 Å². The smallest absolute Gasteiger partial charge is 0.264 e. The molecule has 0 aliphatic carbocycles. The van der Waals surface area contributed by atoms with Gasteiger partial charge in [0.25, 0.3) is 5.91 Å². The predicted octanol–water partition coefficient (Wildman–Crippen LogP) is 5.69. The van der Waals surface area contributed by atoms with Crippen LogP contribution >= 0.6 is 15.9 Å². The molecule has 3 aromatic carbocycles. The number of anilines is 1. The number of hydrogen-bond donors (Lipinski definition) is 1. The van der Waals surface area contributed by atoms with Gasteiger partial charge in [-0.25, -0.2) is 0 Å². The van der Waals surface area contributed by atoms with E-state index in [-0.39, 0.29) is 12.2 Å². The summed E-state index contributed by atoms with van der Waals surface area (Å²) in [5.41, 5.74) is 4.55. The van der Waals surface area contributed by atoms with Crippen molar-refractivity contribution in [3.8, 4) is 0 Å². The van der Waals surface area contributed by atoms with Crippen LogP contribution in [0.15, 0.2) is 59.1 Å². The molecular weight excluding hydrogens is 466 g/mol. The Kier molecular flexibility index (Phi) is 5.82. The van der Waals surface area contributed by atoms with Gasteiger partial charge in [-0.05, 0) is 73.7 Å². The predicted molar refractivity (Wildman–Crippen MR) is 130 cm³/mol. The lowest BCUT2D eigenvalue weighted by atomic mass is 9.84. The highest BCUT2D eigenvalue weighted by molar-refractivity contribution is 9.10. The normalized spacial score (nSPS) is 17.6. The maximum Gasteiger partial charge on any atom is 0.264 e. The number of carbonyl (C=O) groups is 2. The second-order valence-electron chi connectivity index (χ2n) is 8.63. The summed E-state index contributed by atoms with van der Waals surface area (Å²) in [4.78, 5) is 28.7. The second kappa shape index (κ2) is 8.30. The molecule has 1 heterocycles. The van der Waals surface area contributed by atoms with Gasteiger partial charge in [0, 0.05) is 15.6 Å². The summed E-state index contributed by atoms with van der Waals surface area (Å²) in [7, 11) is 0. The molecule has 164 valence electrons. The lowest BCUT2D eigenvalue weighted by Crippen LogP contribution is -2.41. The fourth-order valence-electron chi connectivity index (χ4n) is 4.57. The Labute approximate surface area is 197 Å². The molecule has 32 heavy (non-hydrogen) atoms. The molecule has 0 fully saturated rings. The number of Topliss-reactive ketones (excluding diaryl/α,β-unsaturated/α-hetero) is 1. The summed E-state index contributed by atoms with van der Waals surface area (Å²) in [5, 5.41) is 11.7. The number of amides is 1. The Morgan fingerprint density at radius 2 is 1.59 bits per heavy atom. The third-order valence-electron chi connectivity index (χ3n) is 6.54. The van der Waals surface area contributed by atoms with Gasteiger partial charge in [-0.1, -0.05) is 52.3 Å². The van der Waals surface area contributed by atoms with Gasteiger partial charge < -0.3 is 10.0 Å². The van der Waals surface area contributed by atoms with Crippen molar-refractivity contribution in [1.29, 1.82) is 0 Å². The molecule has 0 spiro atoms. The number of aliphatic hydroxyl groups is 1. The molecule has 0 radical (unpaired) electrons. The molecule has 0 aromatic heterocycles. The van der Waals surface area contributed by atoms with Crippen LogP contribution in [0.5, 0.6) is 0 Å². The van der Waals surface area contributed by atoms with E-state index in [9.17, 15) is 14.7 Å². The van der Waals surface area contributed by atoms with Crippen LogP contribution in [0.3, 0.4) is 0 Å². The van der Waals surface area contributed by atoms with Crippen molar-refractivity contribution in [3.63, 3.8) is 0 Å². The number of rotatable bonds is 5. The van der Waals surface area contributed by atoms with Crippen molar-refractivity contribution >= 4 is 33.3 Å². The zero-order valence-electron chi connectivity index (χ0n) is 18.7. The Morgan fingerprint density at radius 3 is 2.22 bits per heavy atom. The van der Waals surface area contributed by atoms with Crippen LogP contribution in [0, 0.1) is 27.7 Å². The highest BCUT2D eigenvalue weighted by atomic mass is 79.9. The van der Waals surface area contributed by atoms with Gasteiger partial charge >= 0.3 is 0 Å². The van der Waals surface area contributed by atoms with Crippen molar-refractivity contribution in [1.82, 2.24) is 0 Å². The molecule has 1 amide bonds. The van der Waals surface area contributed by atoms with Gasteiger partial charge in [0.2, 0.25) is 0 Å². The van der Waals surface area contributed by atoms with Gasteiger partial charge in [-0.15, -0.1) is 0 Å². The molecule has 1 aliphatic heterocycles. The molecule has 0 bridgehead atoms. The highest BCUT2D eigenvalue weighted by Gasteiger charge is 2.51. The van der Waals surface area contributed by atoms with E-state index in [0.29, 0.717) is 23.4 Å². The summed E-state index contributed by atoms with van der Waals surface area (Å²) in [6.45, 7) is 8.11. The zero-order valence-corrected chi connectivity index (χ0v) is 20.3. The van der Waals surface area contributed by atoms with Crippen molar-refractivity contribution in [3.05, 3.63) is 98.0 Å². The fourth-order valence-corrected chi connectivity index (χ4v) is 4.93. The van der Waals surface area contributed by atoms with Crippen LogP contribution in [0.4, 0.5) is 5.69 Å². The van der Waals surface area contributed by atoms with Crippen LogP contribution < -0.4 is 4.90 Å². The van der Waals surface area contributed by atoms with Crippen LogP contribution in [-0.4, -0.2) is 16.8 Å². The van der Waals surface area contributed by atoms with Crippen molar-refractivity contribution in [2.24, 2.45) is 0 Å². The Morgan fingerprint density at radius 1 is 0.969 bits per heavy atom. The molecular formula is C27H26BrNO3. The van der Waals surface area contributed by atoms with Crippen molar-refractivity contribution < 1.29 is 14.7 Å².